The highest BCUT2D eigenvalue weighted by atomic mass is 32.2. The minimum Gasteiger partial charge on any atom is -0.497 e. The Morgan fingerprint density at radius 2 is 0.821 bits per heavy atom. The van der Waals surface area contributed by atoms with Crippen molar-refractivity contribution in [1.82, 2.24) is 39.5 Å². The van der Waals surface area contributed by atoms with Gasteiger partial charge in [0, 0.05) is 87.4 Å². The molecule has 1 N–H and O–H groups in total. The molecule has 0 bridgehead atoms. The molecule has 0 amide bonds. The van der Waals surface area contributed by atoms with Crippen LogP contribution in [0.3, 0.4) is 0 Å². The fourth-order valence-electron chi connectivity index (χ4n) is 11.9. The number of pyridine rings is 6. The molecular weight excluding hydrogens is 1240 g/mol. The maximum atomic E-state index is 11.9. The first kappa shape index (κ1) is 63.7. The lowest BCUT2D eigenvalue weighted by Crippen LogP contribution is -2.37. The topological polar surface area (TPSA) is 222 Å². The Bertz CT molecular complexity index is 5160. The Labute approximate surface area is 549 Å². The summed E-state index contributed by atoms with van der Waals surface area (Å²) in [7, 11) is -0.708. The van der Waals surface area contributed by atoms with Gasteiger partial charge in [0.1, 0.15) is 39.8 Å². The summed E-state index contributed by atoms with van der Waals surface area (Å²) < 4.78 is 80.1. The summed E-state index contributed by atoms with van der Waals surface area (Å²) in [5, 5.41) is 3.81. The molecule has 476 valence electrons. The average Bonchev–Trinajstić information content (AvgIpc) is 1.60. The van der Waals surface area contributed by atoms with Gasteiger partial charge in [0.2, 0.25) is 11.8 Å². The number of hydrogen-bond acceptors (Lipinski definition) is 16. The predicted octanol–water partition coefficient (Wildman–Crippen LogP) is 14.4. The van der Waals surface area contributed by atoms with E-state index in [-0.39, 0.29) is 17.2 Å². The van der Waals surface area contributed by atoms with E-state index in [2.05, 4.69) is 126 Å². The monoisotopic (exact) mass is 1300 g/mol. The minimum atomic E-state index is -3.77. The number of fused-ring (bicyclic) bond motifs is 6. The average molecular weight is 1300 g/mol. The van der Waals surface area contributed by atoms with Crippen LogP contribution in [0.15, 0.2) is 256 Å². The molecule has 0 saturated carbocycles. The van der Waals surface area contributed by atoms with E-state index in [1.165, 1.54) is 29.1 Å². The highest BCUT2D eigenvalue weighted by molar-refractivity contribution is 7.86. The molecule has 95 heavy (non-hydrogen) atoms. The van der Waals surface area contributed by atoms with E-state index < -0.39 is 25.8 Å². The normalized spacial score (nSPS) is 11.7. The third kappa shape index (κ3) is 13.3. The first-order valence-corrected chi connectivity index (χ1v) is 33.5. The van der Waals surface area contributed by atoms with Crippen molar-refractivity contribution in [2.24, 2.45) is 0 Å². The fraction of sp³-hybridized carbons (Fsp3) is 0.120. The van der Waals surface area contributed by atoms with Crippen LogP contribution >= 0.6 is 0 Å². The number of nitrogens with zero attached hydrogens (tertiary/aromatic N) is 7. The van der Waals surface area contributed by atoms with E-state index in [9.17, 15) is 16.8 Å². The van der Waals surface area contributed by atoms with Gasteiger partial charge >= 0.3 is 20.2 Å². The minimum absolute atomic E-state index is 0.0118. The standard InChI is InChI=1S/C37H30N4O5S.C22H22O2.C16H12N4O3S/c1-44-29-13-9-27(10-14-29)37(26-7-5-4-6-8-26,28-11-15-30(45-2)16-12-28)41-34-20-21-38-24-32(34)31-17-18-33(40-36(31)41)25-19-22-39-35(23-25)46-47(3,42)43;1-22(17-7-5-4-6-8-17,18-9-13-20(23-2)14-10-18)19-11-15-21(24-3)16-12-19;1-24(21,22)23-15-8-10(4-7-18-15)13-3-2-11-12-9-17-6-5-14(12)20-16(11)19-13/h4-24H,1-3H3;4-16H,1-3H3;2-9H,1H3,(H,19,20). The summed E-state index contributed by atoms with van der Waals surface area (Å²) in [5.41, 5.74) is 11.4. The van der Waals surface area contributed by atoms with Crippen LogP contribution in [0.25, 0.3) is 66.4 Å². The fourth-order valence-corrected chi connectivity index (χ4v) is 12.7. The summed E-state index contributed by atoms with van der Waals surface area (Å²) in [6, 6.07) is 71.9. The Morgan fingerprint density at radius 1 is 0.411 bits per heavy atom. The van der Waals surface area contributed by atoms with E-state index in [4.69, 9.17) is 32.3 Å². The molecule has 0 aliphatic carbocycles. The molecule has 14 aromatic rings. The Balaban J connectivity index is 0.000000151. The van der Waals surface area contributed by atoms with Gasteiger partial charge in [-0.3, -0.25) is 9.97 Å². The van der Waals surface area contributed by atoms with Gasteiger partial charge in [0.25, 0.3) is 0 Å². The van der Waals surface area contributed by atoms with Gasteiger partial charge < -0.3 is 36.9 Å². The highest BCUT2D eigenvalue weighted by Gasteiger charge is 2.41. The smallest absolute Gasteiger partial charge is 0.307 e. The van der Waals surface area contributed by atoms with Crippen LogP contribution in [0.5, 0.6) is 34.8 Å². The first-order chi connectivity index (χ1) is 46.0. The Morgan fingerprint density at radius 3 is 1.29 bits per heavy atom. The molecule has 0 atom stereocenters. The lowest BCUT2D eigenvalue weighted by molar-refractivity contribution is 0.413. The molecular formula is C75H64N8O10S2. The van der Waals surface area contributed by atoms with Crippen LogP contribution < -0.4 is 27.3 Å². The molecule has 18 nitrogen and oxygen atoms in total. The predicted molar refractivity (Wildman–Crippen MR) is 370 cm³/mol. The van der Waals surface area contributed by atoms with Crippen molar-refractivity contribution in [1.29, 1.82) is 0 Å². The summed E-state index contributed by atoms with van der Waals surface area (Å²) >= 11 is 0. The lowest BCUT2D eigenvalue weighted by Gasteiger charge is -2.39. The SMILES string of the molecule is COc1ccc(C(C)(c2ccccc2)c2ccc(OC)cc2)cc1.COc1ccc(C(c2ccccc2)(c2ccc(OC)cc2)n2c3ccncc3c3ccc(-c4ccnc(OS(C)(=O)=O)c4)nc32)cc1.CS(=O)(=O)Oc1cc(-c2ccc3c(n2)[nH]c2ccncc23)ccn1. The molecule has 0 saturated heterocycles. The summed E-state index contributed by atoms with van der Waals surface area (Å²) in [4.78, 5) is 29.7. The van der Waals surface area contributed by atoms with Crippen LogP contribution in [-0.2, 0) is 31.2 Å². The second kappa shape index (κ2) is 27.0. The summed E-state index contributed by atoms with van der Waals surface area (Å²) in [5.74, 6) is 3.18. The Kier molecular flexibility index (Phi) is 18.1. The van der Waals surface area contributed by atoms with Crippen LogP contribution in [0.4, 0.5) is 0 Å². The van der Waals surface area contributed by atoms with E-state index in [1.54, 1.807) is 71.3 Å². The lowest BCUT2D eigenvalue weighted by atomic mass is 9.71. The van der Waals surface area contributed by atoms with Crippen LogP contribution in [0, 0.1) is 0 Å². The summed E-state index contributed by atoms with van der Waals surface area (Å²) in [6.07, 6.45) is 12.1. The van der Waals surface area contributed by atoms with Crippen molar-refractivity contribution >= 4 is 64.1 Å². The van der Waals surface area contributed by atoms with Crippen molar-refractivity contribution < 1.29 is 44.1 Å². The van der Waals surface area contributed by atoms with Gasteiger partial charge in [-0.2, -0.15) is 16.8 Å². The number of methoxy groups -OCH3 is 4. The number of rotatable bonds is 17. The molecule has 0 radical (unpaired) electrons. The van der Waals surface area contributed by atoms with Crippen molar-refractivity contribution in [3.63, 3.8) is 0 Å². The van der Waals surface area contributed by atoms with E-state index >= 15 is 0 Å². The van der Waals surface area contributed by atoms with Crippen molar-refractivity contribution in [2.45, 2.75) is 17.9 Å². The van der Waals surface area contributed by atoms with E-state index in [0.717, 1.165) is 90.4 Å². The van der Waals surface area contributed by atoms with Crippen molar-refractivity contribution in [3.05, 3.63) is 289 Å². The van der Waals surface area contributed by atoms with Gasteiger partial charge in [0.15, 0.2) is 0 Å². The largest absolute Gasteiger partial charge is 0.497 e. The molecule has 0 spiro atoms. The molecule has 0 aliphatic heterocycles. The molecule has 0 unspecified atom stereocenters. The van der Waals surface area contributed by atoms with Gasteiger partial charge in [-0.1, -0.05) is 109 Å². The van der Waals surface area contributed by atoms with Gasteiger partial charge in [-0.15, -0.1) is 0 Å². The van der Waals surface area contributed by atoms with Crippen LogP contribution in [0.1, 0.15) is 40.3 Å². The highest BCUT2D eigenvalue weighted by Crippen LogP contribution is 2.47. The molecule has 20 heteroatoms. The zero-order chi connectivity index (χ0) is 66.3. The molecule has 0 aliphatic rings. The van der Waals surface area contributed by atoms with Gasteiger partial charge in [-0.25, -0.2) is 19.9 Å². The van der Waals surface area contributed by atoms with Crippen LogP contribution in [-0.4, -0.2) is 97.2 Å². The van der Waals surface area contributed by atoms with E-state index in [0.29, 0.717) is 28.2 Å². The number of benzene rings is 6. The number of nitrogens with one attached hydrogen (secondary N) is 1. The molecule has 8 heterocycles. The zero-order valence-corrected chi connectivity index (χ0v) is 54.4. The van der Waals surface area contributed by atoms with Gasteiger partial charge in [-0.05, 0) is 137 Å². The quantitative estimate of drug-likeness (QED) is 0.0661. The number of ether oxygens (including phenoxy) is 4. The molecule has 6 aromatic carbocycles. The number of aromatic nitrogens is 8. The van der Waals surface area contributed by atoms with Gasteiger partial charge in [0.05, 0.1) is 63.4 Å². The molecule has 0 fully saturated rings. The maximum absolute atomic E-state index is 11.9. The third-order valence-corrected chi connectivity index (χ3v) is 17.4. The third-order valence-electron chi connectivity index (χ3n) is 16.4. The van der Waals surface area contributed by atoms with Crippen LogP contribution in [0.2, 0.25) is 0 Å². The Hall–Kier alpha value is -11.5. The molecule has 14 rings (SSSR count). The van der Waals surface area contributed by atoms with E-state index in [1.807, 2.05) is 115 Å². The van der Waals surface area contributed by atoms with Crippen molar-refractivity contribution in [2.75, 3.05) is 41.0 Å². The zero-order valence-electron chi connectivity index (χ0n) is 52.8. The number of hydrogen-bond donors (Lipinski definition) is 1. The molecule has 8 aromatic heterocycles. The van der Waals surface area contributed by atoms with Crippen molar-refractivity contribution in [3.8, 4) is 57.3 Å². The maximum Gasteiger partial charge on any atom is 0.307 e. The second-order valence-corrected chi connectivity index (χ2v) is 25.4. The summed E-state index contributed by atoms with van der Waals surface area (Å²) in [6.45, 7) is 2.26. The first-order valence-electron chi connectivity index (χ1n) is 29.9. The number of aromatic amines is 1. The second-order valence-electron chi connectivity index (χ2n) is 22.3. The number of H-pyrrole nitrogens is 1.